The Morgan fingerprint density at radius 3 is 2.50 bits per heavy atom. The molecule has 2 N–H and O–H groups in total. The van der Waals surface area contributed by atoms with Gasteiger partial charge in [-0.05, 0) is 55.3 Å². The van der Waals surface area contributed by atoms with Crippen molar-refractivity contribution in [3.63, 3.8) is 0 Å². The third-order valence-corrected chi connectivity index (χ3v) is 4.88. The molecule has 28 heavy (non-hydrogen) atoms. The molecule has 0 amide bonds. The van der Waals surface area contributed by atoms with E-state index in [0.29, 0.717) is 31.1 Å². The highest BCUT2D eigenvalue weighted by molar-refractivity contribution is 5.84. The fraction of sp³-hybridized carbons (Fsp3) is 0.364. The van der Waals surface area contributed by atoms with E-state index >= 15 is 0 Å². The van der Waals surface area contributed by atoms with E-state index in [1.165, 1.54) is 6.07 Å². The summed E-state index contributed by atoms with van der Waals surface area (Å²) in [6.45, 7) is 5.52. The summed E-state index contributed by atoms with van der Waals surface area (Å²) in [5, 5.41) is 10.8. The van der Waals surface area contributed by atoms with Crippen molar-refractivity contribution in [2.75, 3.05) is 20.8 Å². The molecule has 1 atom stereocenters. The number of ether oxygens (including phenoxy) is 2. The van der Waals surface area contributed by atoms with Gasteiger partial charge in [-0.3, -0.25) is 4.90 Å². The number of H-pyrrole nitrogens is 1. The zero-order chi connectivity index (χ0) is 20.3. The summed E-state index contributed by atoms with van der Waals surface area (Å²) in [4.78, 5) is 5.54. The number of halogens is 1. The number of aromatic nitrogens is 1. The van der Waals surface area contributed by atoms with Crippen LogP contribution in [0.25, 0.3) is 10.9 Å². The Bertz CT molecular complexity index is 952. The summed E-state index contributed by atoms with van der Waals surface area (Å²) in [5.74, 6) is 1.11. The molecule has 0 aliphatic heterocycles. The van der Waals surface area contributed by atoms with Crippen molar-refractivity contribution >= 4 is 10.9 Å². The van der Waals surface area contributed by atoms with Gasteiger partial charge in [-0.15, -0.1) is 0 Å². The number of aromatic amines is 1. The number of aliphatic hydroxyl groups is 1. The molecule has 0 saturated carbocycles. The Morgan fingerprint density at radius 1 is 1.07 bits per heavy atom. The van der Waals surface area contributed by atoms with Crippen molar-refractivity contribution < 1.29 is 19.0 Å². The zero-order valence-electron chi connectivity index (χ0n) is 16.8. The first-order chi connectivity index (χ1) is 13.4. The van der Waals surface area contributed by atoms with E-state index in [-0.39, 0.29) is 5.82 Å². The lowest BCUT2D eigenvalue weighted by atomic mass is 10.1. The molecule has 0 aliphatic carbocycles. The molecular weight excluding hydrogens is 359 g/mol. The van der Waals surface area contributed by atoms with E-state index in [1.54, 1.807) is 33.3 Å². The second-order valence-corrected chi connectivity index (χ2v) is 7.13. The minimum absolute atomic E-state index is 0.243. The van der Waals surface area contributed by atoms with Crippen LogP contribution in [-0.2, 0) is 13.1 Å². The Morgan fingerprint density at radius 2 is 1.82 bits per heavy atom. The second-order valence-electron chi connectivity index (χ2n) is 7.13. The lowest BCUT2D eigenvalue weighted by Gasteiger charge is -2.24. The van der Waals surface area contributed by atoms with Gasteiger partial charge < -0.3 is 19.6 Å². The first-order valence-electron chi connectivity index (χ1n) is 9.29. The fourth-order valence-corrected chi connectivity index (χ4v) is 3.53. The summed E-state index contributed by atoms with van der Waals surface area (Å²) in [7, 11) is 3.22. The molecule has 3 rings (SSSR count). The molecule has 1 heterocycles. The lowest BCUT2D eigenvalue weighted by molar-refractivity contribution is 0.117. The molecule has 0 fully saturated rings. The maximum absolute atomic E-state index is 13.6. The minimum atomic E-state index is -0.470. The van der Waals surface area contributed by atoms with Gasteiger partial charge in [0.05, 0.1) is 20.3 Å². The summed E-state index contributed by atoms with van der Waals surface area (Å²) in [6.07, 6.45) is -0.470. The van der Waals surface area contributed by atoms with Crippen LogP contribution in [0.5, 0.6) is 11.5 Å². The maximum atomic E-state index is 13.6. The van der Waals surface area contributed by atoms with E-state index in [4.69, 9.17) is 9.47 Å². The number of nitrogens with zero attached hydrogens (tertiary/aromatic N) is 1. The van der Waals surface area contributed by atoms with Crippen LogP contribution < -0.4 is 9.47 Å². The maximum Gasteiger partial charge on any atom is 0.161 e. The zero-order valence-corrected chi connectivity index (χ0v) is 16.8. The van der Waals surface area contributed by atoms with Crippen LogP contribution in [0.4, 0.5) is 4.39 Å². The van der Waals surface area contributed by atoms with Gasteiger partial charge in [-0.25, -0.2) is 4.39 Å². The molecule has 1 aromatic heterocycles. The van der Waals surface area contributed by atoms with E-state index in [9.17, 15) is 9.50 Å². The van der Waals surface area contributed by atoms with Gasteiger partial charge in [-0.1, -0.05) is 6.07 Å². The summed E-state index contributed by atoms with van der Waals surface area (Å²) in [6, 6.07) is 10.6. The number of hydrogen-bond donors (Lipinski definition) is 2. The van der Waals surface area contributed by atoms with Crippen molar-refractivity contribution in [1.82, 2.24) is 9.88 Å². The van der Waals surface area contributed by atoms with E-state index in [2.05, 4.69) is 9.88 Å². The smallest absolute Gasteiger partial charge is 0.161 e. The molecule has 2 aromatic carbocycles. The number of nitrogens with one attached hydrogen (secondary N) is 1. The van der Waals surface area contributed by atoms with Crippen LogP contribution in [0.15, 0.2) is 36.4 Å². The van der Waals surface area contributed by atoms with Gasteiger partial charge in [0.15, 0.2) is 11.5 Å². The lowest BCUT2D eigenvalue weighted by Crippen LogP contribution is -2.30. The predicted molar refractivity (Wildman–Crippen MR) is 108 cm³/mol. The topological polar surface area (TPSA) is 57.7 Å². The largest absolute Gasteiger partial charge is 0.493 e. The van der Waals surface area contributed by atoms with Crippen molar-refractivity contribution in [2.24, 2.45) is 0 Å². The molecular formula is C22H27FN2O3. The molecule has 0 bridgehead atoms. The number of aryl methyl sites for hydroxylation is 1. The molecule has 3 aromatic rings. The minimum Gasteiger partial charge on any atom is -0.493 e. The average Bonchev–Trinajstić information content (AvgIpc) is 2.96. The second kappa shape index (κ2) is 8.63. The monoisotopic (exact) mass is 386 g/mol. The fourth-order valence-electron chi connectivity index (χ4n) is 3.53. The molecule has 0 saturated heterocycles. The third-order valence-electron chi connectivity index (χ3n) is 4.88. The van der Waals surface area contributed by atoms with E-state index < -0.39 is 6.10 Å². The van der Waals surface area contributed by atoms with Crippen molar-refractivity contribution in [3.8, 4) is 11.5 Å². The highest BCUT2D eigenvalue weighted by atomic mass is 19.1. The summed E-state index contributed by atoms with van der Waals surface area (Å²) >= 11 is 0. The third kappa shape index (κ3) is 4.46. The molecule has 6 heteroatoms. The van der Waals surface area contributed by atoms with Crippen molar-refractivity contribution in [3.05, 3.63) is 59.0 Å². The summed E-state index contributed by atoms with van der Waals surface area (Å²) in [5.41, 5.74) is 4.01. The average molecular weight is 386 g/mol. The number of fused-ring (bicyclic) bond motifs is 1. The Balaban J connectivity index is 1.86. The van der Waals surface area contributed by atoms with Crippen LogP contribution in [0.2, 0.25) is 0 Å². The normalized spacial score (nSPS) is 12.5. The Hall–Kier alpha value is -2.57. The molecule has 5 nitrogen and oxygen atoms in total. The number of aliphatic hydroxyl groups excluding tert-OH is 1. The standard InChI is InChI=1S/C22H27FN2O3/c1-14(26)11-25(12-16-5-8-21(27-3)22(9-16)28-4)13-20-15(2)18-10-17(23)6-7-19(18)24-20/h5-10,14,24,26H,11-13H2,1-4H3. The Kier molecular flexibility index (Phi) is 6.21. The van der Waals surface area contributed by atoms with Crippen molar-refractivity contribution in [2.45, 2.75) is 33.0 Å². The van der Waals surface area contributed by atoms with Gasteiger partial charge in [0.2, 0.25) is 0 Å². The van der Waals surface area contributed by atoms with Gasteiger partial charge in [0, 0.05) is 36.2 Å². The molecule has 150 valence electrons. The molecule has 0 aliphatic rings. The number of benzene rings is 2. The number of rotatable bonds is 8. The quantitative estimate of drug-likeness (QED) is 0.614. The van der Waals surface area contributed by atoms with Crippen LogP contribution in [0.3, 0.4) is 0 Å². The number of methoxy groups -OCH3 is 2. The van der Waals surface area contributed by atoms with Crippen LogP contribution in [0, 0.1) is 12.7 Å². The van der Waals surface area contributed by atoms with Gasteiger partial charge in [0.25, 0.3) is 0 Å². The SMILES string of the molecule is COc1ccc(CN(Cc2[nH]c3ccc(F)cc3c2C)CC(C)O)cc1OC. The van der Waals surface area contributed by atoms with Crippen LogP contribution in [0.1, 0.15) is 23.7 Å². The van der Waals surface area contributed by atoms with E-state index in [0.717, 1.165) is 27.7 Å². The van der Waals surface area contributed by atoms with Crippen LogP contribution in [-0.4, -0.2) is 41.9 Å². The number of hydrogen-bond acceptors (Lipinski definition) is 4. The molecule has 0 spiro atoms. The first kappa shape index (κ1) is 20.2. The van der Waals surface area contributed by atoms with Crippen molar-refractivity contribution in [1.29, 1.82) is 0 Å². The summed E-state index contributed by atoms with van der Waals surface area (Å²) < 4.78 is 24.3. The Labute approximate surface area is 164 Å². The molecule has 1 unspecified atom stereocenters. The van der Waals surface area contributed by atoms with Gasteiger partial charge in [-0.2, -0.15) is 0 Å². The van der Waals surface area contributed by atoms with E-state index in [1.807, 2.05) is 25.1 Å². The van der Waals surface area contributed by atoms with Gasteiger partial charge in [0.1, 0.15) is 5.82 Å². The van der Waals surface area contributed by atoms with Gasteiger partial charge >= 0.3 is 0 Å². The first-order valence-corrected chi connectivity index (χ1v) is 9.29. The predicted octanol–water partition coefficient (Wildman–Crippen LogP) is 4.02. The highest BCUT2D eigenvalue weighted by Crippen LogP contribution is 2.29. The highest BCUT2D eigenvalue weighted by Gasteiger charge is 2.16. The molecule has 0 radical (unpaired) electrons. The van der Waals surface area contributed by atoms with Crippen LogP contribution >= 0.6 is 0 Å².